The summed E-state index contributed by atoms with van der Waals surface area (Å²) in [5.74, 6) is 0.905. The normalized spacial score (nSPS) is 13.8. The zero-order valence-corrected chi connectivity index (χ0v) is 12.6. The van der Waals surface area contributed by atoms with Gasteiger partial charge in [-0.25, -0.2) is 0 Å². The number of aryl methyl sites for hydroxylation is 1. The summed E-state index contributed by atoms with van der Waals surface area (Å²) in [6.07, 6.45) is 5.15. The highest BCUT2D eigenvalue weighted by Crippen LogP contribution is 2.23. The average Bonchev–Trinajstić information content (AvgIpc) is 2.86. The van der Waals surface area contributed by atoms with E-state index < -0.39 is 0 Å². The van der Waals surface area contributed by atoms with E-state index in [1.165, 1.54) is 5.56 Å². The molecule has 1 heterocycles. The third-order valence-electron chi connectivity index (χ3n) is 3.35. The van der Waals surface area contributed by atoms with E-state index in [0.29, 0.717) is 0 Å². The molecule has 20 heavy (non-hydrogen) atoms. The molecule has 4 nitrogen and oxygen atoms in total. The molecule has 0 saturated carbocycles. The van der Waals surface area contributed by atoms with Gasteiger partial charge >= 0.3 is 0 Å². The Labute approximate surface area is 120 Å². The Morgan fingerprint density at radius 1 is 1.35 bits per heavy atom. The summed E-state index contributed by atoms with van der Waals surface area (Å²) >= 11 is 0. The largest absolute Gasteiger partial charge is 0.491 e. The third kappa shape index (κ3) is 3.76. The Morgan fingerprint density at radius 3 is 2.80 bits per heavy atom. The lowest BCUT2D eigenvalue weighted by atomic mass is 10.2. The Morgan fingerprint density at radius 2 is 2.15 bits per heavy atom. The lowest BCUT2D eigenvalue weighted by Crippen LogP contribution is -2.10. The van der Waals surface area contributed by atoms with Crippen molar-refractivity contribution in [1.29, 1.82) is 0 Å². The standard InChI is InChI=1S/C16H23N3O/c1-5-12(2)20-16-8-6-7-15(9-16)18-13(3)14-10-17-19(4)11-14/h6-13,18H,5H2,1-4H3. The second-order valence-corrected chi connectivity index (χ2v) is 5.18. The average molecular weight is 273 g/mol. The summed E-state index contributed by atoms with van der Waals surface area (Å²) in [7, 11) is 1.93. The Balaban J connectivity index is 2.04. The monoisotopic (exact) mass is 273 g/mol. The van der Waals surface area contributed by atoms with Gasteiger partial charge in [0.1, 0.15) is 5.75 Å². The summed E-state index contributed by atoms with van der Waals surface area (Å²) in [4.78, 5) is 0. The number of hydrogen-bond donors (Lipinski definition) is 1. The first kappa shape index (κ1) is 14.4. The van der Waals surface area contributed by atoms with Gasteiger partial charge in [-0.3, -0.25) is 4.68 Å². The first-order valence-electron chi connectivity index (χ1n) is 7.10. The van der Waals surface area contributed by atoms with E-state index in [9.17, 15) is 0 Å². The van der Waals surface area contributed by atoms with Gasteiger partial charge in [0.2, 0.25) is 0 Å². The first-order chi connectivity index (χ1) is 9.58. The molecule has 4 heteroatoms. The van der Waals surface area contributed by atoms with Gasteiger partial charge in [0.15, 0.2) is 0 Å². The molecule has 0 radical (unpaired) electrons. The van der Waals surface area contributed by atoms with Crippen molar-refractivity contribution < 1.29 is 4.74 Å². The van der Waals surface area contributed by atoms with Crippen molar-refractivity contribution in [2.75, 3.05) is 5.32 Å². The molecular formula is C16H23N3O. The summed E-state index contributed by atoms with van der Waals surface area (Å²) < 4.78 is 7.65. The zero-order valence-electron chi connectivity index (χ0n) is 12.6. The molecule has 0 aliphatic rings. The topological polar surface area (TPSA) is 39.1 Å². The maximum absolute atomic E-state index is 5.84. The van der Waals surface area contributed by atoms with Crippen molar-refractivity contribution in [3.63, 3.8) is 0 Å². The van der Waals surface area contributed by atoms with Crippen LogP contribution in [0.25, 0.3) is 0 Å². The predicted octanol–water partition coefficient (Wildman–Crippen LogP) is 3.77. The maximum Gasteiger partial charge on any atom is 0.121 e. The number of nitrogens with one attached hydrogen (secondary N) is 1. The van der Waals surface area contributed by atoms with E-state index in [4.69, 9.17) is 4.74 Å². The number of anilines is 1. The van der Waals surface area contributed by atoms with E-state index in [1.807, 2.05) is 42.3 Å². The Bertz CT molecular complexity index is 550. The molecule has 2 unspecified atom stereocenters. The van der Waals surface area contributed by atoms with Gasteiger partial charge < -0.3 is 10.1 Å². The quantitative estimate of drug-likeness (QED) is 0.870. The molecule has 0 fully saturated rings. The van der Waals surface area contributed by atoms with E-state index in [1.54, 1.807) is 0 Å². The molecule has 0 amide bonds. The molecule has 108 valence electrons. The molecule has 0 saturated heterocycles. The van der Waals surface area contributed by atoms with Crippen LogP contribution in [0.3, 0.4) is 0 Å². The van der Waals surface area contributed by atoms with Crippen molar-refractivity contribution in [1.82, 2.24) is 9.78 Å². The van der Waals surface area contributed by atoms with Crippen molar-refractivity contribution in [3.8, 4) is 5.75 Å². The molecule has 2 atom stereocenters. The van der Waals surface area contributed by atoms with Crippen molar-refractivity contribution in [2.24, 2.45) is 7.05 Å². The predicted molar refractivity (Wildman–Crippen MR) is 82.1 cm³/mol. The summed E-state index contributed by atoms with van der Waals surface area (Å²) in [6.45, 7) is 6.33. The molecule has 1 aromatic carbocycles. The van der Waals surface area contributed by atoms with Crippen LogP contribution in [-0.2, 0) is 7.05 Å². The van der Waals surface area contributed by atoms with Gasteiger partial charge in [-0.2, -0.15) is 5.10 Å². The Hall–Kier alpha value is -1.97. The van der Waals surface area contributed by atoms with Gasteiger partial charge in [0.05, 0.1) is 18.3 Å². The maximum atomic E-state index is 5.84. The van der Waals surface area contributed by atoms with Crippen molar-refractivity contribution in [3.05, 3.63) is 42.2 Å². The minimum atomic E-state index is 0.211. The molecule has 0 aliphatic carbocycles. The molecule has 2 rings (SSSR count). The van der Waals surface area contributed by atoms with Crippen LogP contribution < -0.4 is 10.1 Å². The number of nitrogens with zero attached hydrogens (tertiary/aromatic N) is 2. The van der Waals surface area contributed by atoms with Crippen LogP contribution in [0, 0.1) is 0 Å². The van der Waals surface area contributed by atoms with Gasteiger partial charge in [-0.1, -0.05) is 13.0 Å². The van der Waals surface area contributed by atoms with Crippen LogP contribution in [0.15, 0.2) is 36.7 Å². The third-order valence-corrected chi connectivity index (χ3v) is 3.35. The minimum Gasteiger partial charge on any atom is -0.491 e. The molecule has 0 spiro atoms. The van der Waals surface area contributed by atoms with Gasteiger partial charge in [-0.15, -0.1) is 0 Å². The second kappa shape index (κ2) is 6.46. The van der Waals surface area contributed by atoms with Crippen molar-refractivity contribution >= 4 is 5.69 Å². The summed E-state index contributed by atoms with van der Waals surface area (Å²) in [6, 6.07) is 8.31. The number of aromatic nitrogens is 2. The van der Waals surface area contributed by atoms with Crippen molar-refractivity contribution in [2.45, 2.75) is 39.3 Å². The van der Waals surface area contributed by atoms with Crippen LogP contribution in [0.5, 0.6) is 5.75 Å². The molecule has 2 aromatic rings. The fraction of sp³-hybridized carbons (Fsp3) is 0.438. The van der Waals surface area contributed by atoms with Crippen LogP contribution in [-0.4, -0.2) is 15.9 Å². The van der Waals surface area contributed by atoms with Crippen LogP contribution in [0.4, 0.5) is 5.69 Å². The van der Waals surface area contributed by atoms with E-state index in [2.05, 4.69) is 37.3 Å². The van der Waals surface area contributed by atoms with Crippen LogP contribution in [0.2, 0.25) is 0 Å². The SMILES string of the molecule is CCC(C)Oc1cccc(NC(C)c2cnn(C)c2)c1. The fourth-order valence-electron chi connectivity index (χ4n) is 1.97. The van der Waals surface area contributed by atoms with E-state index in [0.717, 1.165) is 17.9 Å². The molecule has 0 aliphatic heterocycles. The minimum absolute atomic E-state index is 0.211. The lowest BCUT2D eigenvalue weighted by molar-refractivity contribution is 0.217. The molecule has 1 aromatic heterocycles. The first-order valence-corrected chi connectivity index (χ1v) is 7.10. The molecule has 1 N–H and O–H groups in total. The van der Waals surface area contributed by atoms with Gasteiger partial charge in [-0.05, 0) is 32.4 Å². The number of rotatable bonds is 6. The van der Waals surface area contributed by atoms with Crippen LogP contribution in [0.1, 0.15) is 38.8 Å². The molecular weight excluding hydrogens is 250 g/mol. The number of ether oxygens (including phenoxy) is 1. The highest BCUT2D eigenvalue weighted by Gasteiger charge is 2.08. The smallest absolute Gasteiger partial charge is 0.121 e. The van der Waals surface area contributed by atoms with Gasteiger partial charge in [0, 0.05) is 30.6 Å². The van der Waals surface area contributed by atoms with Gasteiger partial charge in [0.25, 0.3) is 0 Å². The summed E-state index contributed by atoms with van der Waals surface area (Å²) in [5, 5.41) is 7.67. The van der Waals surface area contributed by atoms with E-state index >= 15 is 0 Å². The second-order valence-electron chi connectivity index (χ2n) is 5.18. The highest BCUT2D eigenvalue weighted by atomic mass is 16.5. The fourth-order valence-corrected chi connectivity index (χ4v) is 1.97. The number of hydrogen-bond acceptors (Lipinski definition) is 3. The Kier molecular flexibility index (Phi) is 4.66. The van der Waals surface area contributed by atoms with Crippen LogP contribution >= 0.6 is 0 Å². The highest BCUT2D eigenvalue weighted by molar-refractivity contribution is 5.49. The zero-order chi connectivity index (χ0) is 14.5. The summed E-state index contributed by atoms with van der Waals surface area (Å²) in [5.41, 5.74) is 2.22. The lowest BCUT2D eigenvalue weighted by Gasteiger charge is -2.16. The van der Waals surface area contributed by atoms with E-state index in [-0.39, 0.29) is 12.1 Å². The number of benzene rings is 1. The molecule has 0 bridgehead atoms.